The van der Waals surface area contributed by atoms with Crippen LogP contribution < -0.4 is 4.90 Å². The number of hydrogen-bond acceptors (Lipinski definition) is 1. The van der Waals surface area contributed by atoms with Crippen LogP contribution in [-0.2, 0) is 5.88 Å². The number of benzene rings is 1. The average molecular weight is 291 g/mol. The van der Waals surface area contributed by atoms with E-state index in [0.29, 0.717) is 5.88 Å². The van der Waals surface area contributed by atoms with E-state index in [4.69, 9.17) is 11.6 Å². The van der Waals surface area contributed by atoms with Gasteiger partial charge in [-0.3, -0.25) is 0 Å². The third-order valence-electron chi connectivity index (χ3n) is 2.42. The Balaban J connectivity index is 2.76. The third kappa shape index (κ3) is 3.69. The maximum Gasteiger partial charge on any atom is 0.0508 e. The molecule has 0 aliphatic heterocycles. The van der Waals surface area contributed by atoms with Gasteiger partial charge in [-0.15, -0.1) is 11.6 Å². The fourth-order valence-corrected chi connectivity index (χ4v) is 2.35. The highest BCUT2D eigenvalue weighted by Crippen LogP contribution is 2.27. The Morgan fingerprint density at radius 1 is 1.40 bits per heavy atom. The number of unbranched alkanes of at least 4 members (excludes halogenated alkanes) is 1. The minimum Gasteiger partial charge on any atom is -0.374 e. The van der Waals surface area contributed by atoms with Gasteiger partial charge in [0.05, 0.1) is 5.69 Å². The van der Waals surface area contributed by atoms with E-state index in [0.717, 1.165) is 16.6 Å². The van der Waals surface area contributed by atoms with Crippen LogP contribution in [0.15, 0.2) is 22.7 Å². The molecule has 1 nitrogen and oxygen atoms in total. The molecule has 0 radical (unpaired) electrons. The van der Waals surface area contributed by atoms with E-state index in [1.165, 1.54) is 18.5 Å². The maximum atomic E-state index is 5.78. The quantitative estimate of drug-likeness (QED) is 0.725. The van der Waals surface area contributed by atoms with E-state index in [-0.39, 0.29) is 0 Å². The number of rotatable bonds is 5. The van der Waals surface area contributed by atoms with E-state index in [2.05, 4.69) is 53.0 Å². The summed E-state index contributed by atoms with van der Waals surface area (Å²) in [5, 5.41) is 0. The van der Waals surface area contributed by atoms with Gasteiger partial charge < -0.3 is 4.90 Å². The maximum absolute atomic E-state index is 5.78. The summed E-state index contributed by atoms with van der Waals surface area (Å²) >= 11 is 9.36. The van der Waals surface area contributed by atoms with Crippen LogP contribution in [-0.4, -0.2) is 13.6 Å². The fourth-order valence-electron chi connectivity index (χ4n) is 1.46. The molecule has 0 saturated heterocycles. The number of nitrogens with zero attached hydrogens (tertiary/aromatic N) is 1. The van der Waals surface area contributed by atoms with Crippen LogP contribution >= 0.6 is 27.5 Å². The molecular formula is C12H17BrClN. The monoisotopic (exact) mass is 289 g/mol. The molecule has 0 atom stereocenters. The van der Waals surface area contributed by atoms with Crippen molar-refractivity contribution in [2.45, 2.75) is 25.6 Å². The molecule has 1 aromatic carbocycles. The summed E-state index contributed by atoms with van der Waals surface area (Å²) < 4.78 is 1.12. The zero-order valence-corrected chi connectivity index (χ0v) is 11.6. The Hall–Kier alpha value is -0.210. The highest BCUT2D eigenvalue weighted by molar-refractivity contribution is 9.10. The summed E-state index contributed by atoms with van der Waals surface area (Å²) in [5.74, 6) is 0.567. The zero-order chi connectivity index (χ0) is 11.3. The van der Waals surface area contributed by atoms with E-state index >= 15 is 0 Å². The van der Waals surface area contributed by atoms with Gasteiger partial charge in [0, 0.05) is 23.9 Å². The van der Waals surface area contributed by atoms with Crippen molar-refractivity contribution in [2.24, 2.45) is 0 Å². The fraction of sp³-hybridized carbons (Fsp3) is 0.500. The average Bonchev–Trinajstić information content (AvgIpc) is 2.25. The molecule has 0 spiro atoms. The number of anilines is 1. The van der Waals surface area contributed by atoms with E-state index in [1.807, 2.05) is 0 Å². The summed E-state index contributed by atoms with van der Waals surface area (Å²) in [5.41, 5.74) is 2.38. The topological polar surface area (TPSA) is 3.24 Å². The summed E-state index contributed by atoms with van der Waals surface area (Å²) in [6.07, 6.45) is 2.45. The predicted octanol–water partition coefficient (Wildman–Crippen LogP) is 4.42. The van der Waals surface area contributed by atoms with Gasteiger partial charge in [0.2, 0.25) is 0 Å². The second kappa shape index (κ2) is 6.39. The van der Waals surface area contributed by atoms with E-state index < -0.39 is 0 Å². The van der Waals surface area contributed by atoms with Gasteiger partial charge in [-0.2, -0.15) is 0 Å². The van der Waals surface area contributed by atoms with Gasteiger partial charge in [0.15, 0.2) is 0 Å². The van der Waals surface area contributed by atoms with Gasteiger partial charge in [-0.1, -0.05) is 19.4 Å². The van der Waals surface area contributed by atoms with Crippen LogP contribution in [0.3, 0.4) is 0 Å². The SMILES string of the molecule is CCCCN(C)c1ccc(CCl)cc1Br. The minimum atomic E-state index is 0.567. The van der Waals surface area contributed by atoms with Gasteiger partial charge in [-0.25, -0.2) is 0 Å². The molecule has 84 valence electrons. The second-order valence-corrected chi connectivity index (χ2v) is 4.82. The molecule has 1 aromatic rings. The lowest BCUT2D eigenvalue weighted by Gasteiger charge is -2.20. The predicted molar refractivity (Wildman–Crippen MR) is 71.9 cm³/mol. The van der Waals surface area contributed by atoms with E-state index in [9.17, 15) is 0 Å². The molecule has 0 heterocycles. The highest BCUT2D eigenvalue weighted by atomic mass is 79.9. The van der Waals surface area contributed by atoms with Crippen LogP contribution in [0.1, 0.15) is 25.3 Å². The van der Waals surface area contributed by atoms with Crippen molar-refractivity contribution in [1.82, 2.24) is 0 Å². The van der Waals surface area contributed by atoms with Crippen molar-refractivity contribution < 1.29 is 0 Å². The smallest absolute Gasteiger partial charge is 0.0508 e. The molecule has 0 aliphatic rings. The summed E-state index contributed by atoms with van der Waals surface area (Å²) in [4.78, 5) is 2.27. The van der Waals surface area contributed by atoms with Crippen LogP contribution in [0.5, 0.6) is 0 Å². The van der Waals surface area contributed by atoms with Gasteiger partial charge >= 0.3 is 0 Å². The molecule has 0 unspecified atom stereocenters. The van der Waals surface area contributed by atoms with Crippen molar-refractivity contribution in [1.29, 1.82) is 0 Å². The van der Waals surface area contributed by atoms with Crippen molar-refractivity contribution >= 4 is 33.2 Å². The van der Waals surface area contributed by atoms with Crippen LogP contribution in [0.2, 0.25) is 0 Å². The Morgan fingerprint density at radius 2 is 2.13 bits per heavy atom. The van der Waals surface area contributed by atoms with Gasteiger partial charge in [-0.05, 0) is 40.0 Å². The summed E-state index contributed by atoms with van der Waals surface area (Å²) in [7, 11) is 2.12. The van der Waals surface area contributed by atoms with Crippen molar-refractivity contribution in [2.75, 3.05) is 18.5 Å². The molecule has 3 heteroatoms. The molecule has 1 rings (SSSR count). The molecule has 0 aliphatic carbocycles. The highest BCUT2D eigenvalue weighted by Gasteiger charge is 2.05. The second-order valence-electron chi connectivity index (χ2n) is 3.69. The standard InChI is InChI=1S/C12H17BrClN/c1-3-4-7-15(2)12-6-5-10(9-14)8-11(12)13/h5-6,8H,3-4,7,9H2,1-2H3. The lowest BCUT2D eigenvalue weighted by atomic mass is 10.2. The van der Waals surface area contributed by atoms with Crippen molar-refractivity contribution in [3.63, 3.8) is 0 Å². The first-order chi connectivity index (χ1) is 7.19. The Kier molecular flexibility index (Phi) is 5.48. The van der Waals surface area contributed by atoms with Crippen LogP contribution in [0.4, 0.5) is 5.69 Å². The van der Waals surface area contributed by atoms with Gasteiger partial charge in [0.1, 0.15) is 0 Å². The van der Waals surface area contributed by atoms with Crippen molar-refractivity contribution in [3.05, 3.63) is 28.2 Å². The number of halogens is 2. The molecule has 0 N–H and O–H groups in total. The largest absolute Gasteiger partial charge is 0.374 e. The van der Waals surface area contributed by atoms with Crippen LogP contribution in [0, 0.1) is 0 Å². The molecule has 0 saturated carbocycles. The normalized spacial score (nSPS) is 10.4. The lowest BCUT2D eigenvalue weighted by Crippen LogP contribution is -2.18. The molecule has 15 heavy (non-hydrogen) atoms. The molecule has 0 bridgehead atoms. The molecule has 0 fully saturated rings. The first kappa shape index (κ1) is 12.9. The Morgan fingerprint density at radius 3 is 2.67 bits per heavy atom. The summed E-state index contributed by atoms with van der Waals surface area (Å²) in [6, 6.07) is 6.29. The summed E-state index contributed by atoms with van der Waals surface area (Å²) in [6.45, 7) is 3.30. The van der Waals surface area contributed by atoms with Crippen molar-refractivity contribution in [3.8, 4) is 0 Å². The van der Waals surface area contributed by atoms with Gasteiger partial charge in [0.25, 0.3) is 0 Å². The Bertz CT molecular complexity index is 314. The van der Waals surface area contributed by atoms with Crippen LogP contribution in [0.25, 0.3) is 0 Å². The first-order valence-corrected chi connectivity index (χ1v) is 6.57. The molecule has 0 amide bonds. The van der Waals surface area contributed by atoms with E-state index in [1.54, 1.807) is 0 Å². The first-order valence-electron chi connectivity index (χ1n) is 5.24. The Labute approximate surface area is 106 Å². The number of alkyl halides is 1. The lowest BCUT2D eigenvalue weighted by molar-refractivity contribution is 0.766. The molecule has 0 aromatic heterocycles. The third-order valence-corrected chi connectivity index (χ3v) is 3.37. The zero-order valence-electron chi connectivity index (χ0n) is 9.26. The molecular weight excluding hydrogens is 273 g/mol. The number of hydrogen-bond donors (Lipinski definition) is 0. The minimum absolute atomic E-state index is 0.567.